The van der Waals surface area contributed by atoms with Gasteiger partial charge < -0.3 is 0 Å². The van der Waals surface area contributed by atoms with Crippen LogP contribution in [-0.4, -0.2) is 15.0 Å². The summed E-state index contributed by atoms with van der Waals surface area (Å²) >= 11 is 0. The van der Waals surface area contributed by atoms with E-state index in [0.717, 1.165) is 27.8 Å². The van der Waals surface area contributed by atoms with Crippen LogP contribution in [0.5, 0.6) is 0 Å². The molecule has 258 valence electrons. The van der Waals surface area contributed by atoms with E-state index in [0.29, 0.717) is 17.5 Å². The molecule has 0 saturated carbocycles. The molecule has 0 spiro atoms. The maximum Gasteiger partial charge on any atom is 0.164 e. The number of hydrogen-bond acceptors (Lipinski definition) is 3. The summed E-state index contributed by atoms with van der Waals surface area (Å²) in [5.74, 6) is 1.99. The van der Waals surface area contributed by atoms with Crippen LogP contribution in [0.15, 0.2) is 176 Å². The van der Waals surface area contributed by atoms with Crippen LogP contribution in [0.25, 0.3) is 99.9 Å². The summed E-state index contributed by atoms with van der Waals surface area (Å²) in [4.78, 5) is 15.7. The van der Waals surface area contributed by atoms with Gasteiger partial charge in [0.2, 0.25) is 0 Å². The first-order valence-corrected chi connectivity index (χ1v) is 18.9. The highest BCUT2D eigenvalue weighted by molar-refractivity contribution is 6.25. The molecule has 0 saturated heterocycles. The summed E-state index contributed by atoms with van der Waals surface area (Å²) < 4.78 is 0. The molecule has 55 heavy (non-hydrogen) atoms. The minimum Gasteiger partial charge on any atom is -0.208 e. The van der Waals surface area contributed by atoms with E-state index in [4.69, 9.17) is 15.0 Å². The van der Waals surface area contributed by atoms with Gasteiger partial charge in [0, 0.05) is 22.1 Å². The van der Waals surface area contributed by atoms with E-state index in [1.165, 1.54) is 65.7 Å². The van der Waals surface area contributed by atoms with Crippen molar-refractivity contribution in [2.75, 3.05) is 0 Å². The van der Waals surface area contributed by atoms with Crippen molar-refractivity contribution in [3.05, 3.63) is 187 Å². The smallest absolute Gasteiger partial charge is 0.164 e. The standard InChI is InChI=1S/C52H35N3/c1-52(2)45-31-37(39-28-25-35-24-23-33-17-11-18-34-26-30-41(39)47(35)46(33)34)27-29-40(45)42-21-12-22-44(48(42)52)51-54-49(36-15-7-4-8-16-36)53-50(55-51)43-20-10-9-19-38(43)32-13-5-3-6-14-32/h3-31H,1-2H3. The van der Waals surface area contributed by atoms with Crippen molar-refractivity contribution in [3.63, 3.8) is 0 Å². The van der Waals surface area contributed by atoms with Gasteiger partial charge in [-0.2, -0.15) is 0 Å². The van der Waals surface area contributed by atoms with Gasteiger partial charge in [-0.25, -0.2) is 15.0 Å². The molecule has 10 aromatic rings. The first-order valence-electron chi connectivity index (χ1n) is 18.9. The second-order valence-electron chi connectivity index (χ2n) is 15.2. The molecule has 1 aromatic heterocycles. The average Bonchev–Trinajstić information content (AvgIpc) is 3.48. The summed E-state index contributed by atoms with van der Waals surface area (Å²) in [6.07, 6.45) is 0. The molecule has 1 heterocycles. The summed E-state index contributed by atoms with van der Waals surface area (Å²) in [5, 5.41) is 7.82. The molecule has 1 aliphatic rings. The maximum atomic E-state index is 5.31. The van der Waals surface area contributed by atoms with Crippen LogP contribution in [-0.2, 0) is 5.41 Å². The first kappa shape index (κ1) is 31.5. The summed E-state index contributed by atoms with van der Waals surface area (Å²) in [6, 6.07) is 63.0. The molecule has 0 amide bonds. The van der Waals surface area contributed by atoms with Crippen LogP contribution in [0.3, 0.4) is 0 Å². The predicted molar refractivity (Wildman–Crippen MR) is 228 cm³/mol. The maximum absolute atomic E-state index is 5.31. The van der Waals surface area contributed by atoms with Crippen molar-refractivity contribution in [2.24, 2.45) is 0 Å². The van der Waals surface area contributed by atoms with Crippen LogP contribution >= 0.6 is 0 Å². The Labute approximate surface area is 320 Å². The lowest BCUT2D eigenvalue weighted by molar-refractivity contribution is 0.661. The number of hydrogen-bond donors (Lipinski definition) is 0. The van der Waals surface area contributed by atoms with Crippen LogP contribution in [0, 0.1) is 0 Å². The van der Waals surface area contributed by atoms with Gasteiger partial charge in [0.1, 0.15) is 0 Å². The van der Waals surface area contributed by atoms with Crippen LogP contribution in [0.4, 0.5) is 0 Å². The molecule has 0 aliphatic heterocycles. The number of fused-ring (bicyclic) bond motifs is 3. The second kappa shape index (κ2) is 12.0. The van der Waals surface area contributed by atoms with Crippen molar-refractivity contribution in [2.45, 2.75) is 19.3 Å². The summed E-state index contributed by atoms with van der Waals surface area (Å²) in [7, 11) is 0. The largest absolute Gasteiger partial charge is 0.208 e. The van der Waals surface area contributed by atoms with Crippen molar-refractivity contribution in [3.8, 4) is 67.5 Å². The van der Waals surface area contributed by atoms with Crippen LogP contribution in [0.1, 0.15) is 25.0 Å². The molecule has 3 heteroatoms. The molecule has 0 unspecified atom stereocenters. The Kier molecular flexibility index (Phi) is 6.90. The van der Waals surface area contributed by atoms with Gasteiger partial charge in [0.05, 0.1) is 0 Å². The second-order valence-corrected chi connectivity index (χ2v) is 15.2. The molecule has 9 aromatic carbocycles. The topological polar surface area (TPSA) is 38.7 Å². The zero-order valence-electron chi connectivity index (χ0n) is 30.6. The number of rotatable bonds is 5. The lowest BCUT2D eigenvalue weighted by Gasteiger charge is -2.25. The molecule has 0 bridgehead atoms. The van der Waals surface area contributed by atoms with E-state index >= 15 is 0 Å². The summed E-state index contributed by atoms with van der Waals surface area (Å²) in [5.41, 5.74) is 12.4. The number of nitrogens with zero attached hydrogens (tertiary/aromatic N) is 3. The third kappa shape index (κ3) is 4.86. The number of benzene rings is 9. The highest BCUT2D eigenvalue weighted by Gasteiger charge is 2.38. The number of aromatic nitrogens is 3. The highest BCUT2D eigenvalue weighted by Crippen LogP contribution is 2.53. The Balaban J connectivity index is 1.08. The van der Waals surface area contributed by atoms with Crippen molar-refractivity contribution < 1.29 is 0 Å². The quantitative estimate of drug-likeness (QED) is 0.168. The third-order valence-corrected chi connectivity index (χ3v) is 11.7. The monoisotopic (exact) mass is 701 g/mol. The van der Waals surface area contributed by atoms with E-state index in [1.807, 2.05) is 24.3 Å². The lowest BCUT2D eigenvalue weighted by Crippen LogP contribution is -2.17. The minimum absolute atomic E-state index is 0.317. The van der Waals surface area contributed by atoms with E-state index in [9.17, 15) is 0 Å². The van der Waals surface area contributed by atoms with Gasteiger partial charge in [-0.1, -0.05) is 184 Å². The molecule has 3 nitrogen and oxygen atoms in total. The molecule has 0 fully saturated rings. The molecular weight excluding hydrogens is 667 g/mol. The van der Waals surface area contributed by atoms with Gasteiger partial charge in [-0.15, -0.1) is 0 Å². The van der Waals surface area contributed by atoms with E-state index in [1.54, 1.807) is 0 Å². The lowest BCUT2D eigenvalue weighted by atomic mass is 9.79. The summed E-state index contributed by atoms with van der Waals surface area (Å²) in [6.45, 7) is 4.69. The first-order chi connectivity index (χ1) is 27.0. The minimum atomic E-state index is -0.317. The normalized spacial score (nSPS) is 13.1. The predicted octanol–water partition coefficient (Wildman–Crippen LogP) is 13.4. The Morgan fingerprint density at radius 2 is 0.891 bits per heavy atom. The van der Waals surface area contributed by atoms with Crippen molar-refractivity contribution in [1.82, 2.24) is 15.0 Å². The zero-order chi connectivity index (χ0) is 36.7. The highest BCUT2D eigenvalue weighted by atomic mass is 15.0. The average molecular weight is 702 g/mol. The van der Waals surface area contributed by atoms with Crippen LogP contribution < -0.4 is 0 Å². The van der Waals surface area contributed by atoms with E-state index in [-0.39, 0.29) is 5.41 Å². The molecule has 0 N–H and O–H groups in total. The molecular formula is C52H35N3. The fourth-order valence-corrected chi connectivity index (χ4v) is 9.10. The Hall–Kier alpha value is -6.97. The van der Waals surface area contributed by atoms with Gasteiger partial charge in [-0.3, -0.25) is 0 Å². The van der Waals surface area contributed by atoms with Gasteiger partial charge in [0.15, 0.2) is 17.5 Å². The fraction of sp³-hybridized carbons (Fsp3) is 0.0577. The Bertz CT molecular complexity index is 3090. The molecule has 11 rings (SSSR count). The van der Waals surface area contributed by atoms with Gasteiger partial charge >= 0.3 is 0 Å². The molecule has 1 aliphatic carbocycles. The molecule has 0 atom stereocenters. The van der Waals surface area contributed by atoms with Crippen LogP contribution in [0.2, 0.25) is 0 Å². The van der Waals surface area contributed by atoms with Gasteiger partial charge in [0.25, 0.3) is 0 Å². The van der Waals surface area contributed by atoms with E-state index < -0.39 is 0 Å². The zero-order valence-corrected chi connectivity index (χ0v) is 30.6. The van der Waals surface area contributed by atoms with Crippen molar-refractivity contribution >= 4 is 32.3 Å². The Morgan fingerprint density at radius 1 is 0.345 bits per heavy atom. The third-order valence-electron chi connectivity index (χ3n) is 11.7. The van der Waals surface area contributed by atoms with Gasteiger partial charge in [-0.05, 0) is 82.9 Å². The Morgan fingerprint density at radius 3 is 1.65 bits per heavy atom. The van der Waals surface area contributed by atoms with E-state index in [2.05, 4.69) is 166 Å². The van der Waals surface area contributed by atoms with Crippen molar-refractivity contribution in [1.29, 1.82) is 0 Å². The fourth-order valence-electron chi connectivity index (χ4n) is 9.10. The molecule has 0 radical (unpaired) electrons. The SMILES string of the molecule is CC1(C)c2cc(-c3ccc4ccc5cccc6ccc3c4c56)ccc2-c2cccc(-c3nc(-c4ccccc4)nc(-c4ccccc4-c4ccccc4)n3)c21.